The van der Waals surface area contributed by atoms with Crippen LogP contribution in [0.1, 0.15) is 22.9 Å². The van der Waals surface area contributed by atoms with Crippen LogP contribution in [0.3, 0.4) is 0 Å². The molecule has 1 rings (SSSR count). The lowest BCUT2D eigenvalue weighted by atomic mass is 10.0. The van der Waals surface area contributed by atoms with Crippen molar-refractivity contribution in [2.75, 3.05) is 0 Å². The fourth-order valence-electron chi connectivity index (χ4n) is 1.20. The Kier molecular flexibility index (Phi) is 3.54. The molecule has 1 aromatic carbocycles. The van der Waals surface area contributed by atoms with E-state index >= 15 is 0 Å². The zero-order chi connectivity index (χ0) is 11.6. The van der Waals surface area contributed by atoms with Crippen molar-refractivity contribution in [2.24, 2.45) is 0 Å². The van der Waals surface area contributed by atoms with E-state index in [-0.39, 0.29) is 11.3 Å². The van der Waals surface area contributed by atoms with Gasteiger partial charge in [-0.3, -0.25) is 4.79 Å². The van der Waals surface area contributed by atoms with Crippen molar-refractivity contribution in [3.63, 3.8) is 0 Å². The maximum absolute atomic E-state index is 12.5. The quantitative estimate of drug-likeness (QED) is 0.755. The van der Waals surface area contributed by atoms with Crippen LogP contribution in [0.5, 0.6) is 0 Å². The van der Waals surface area contributed by atoms with Crippen LogP contribution in [0.15, 0.2) is 24.3 Å². The Balaban J connectivity index is 3.24. The number of ketones is 1. The normalized spacial score (nSPS) is 13.7. The largest absolute Gasteiger partial charge is 0.416 e. The number of alkyl halides is 4. The fraction of sp³-hybridized carbons (Fsp3) is 0.300. The van der Waals surface area contributed by atoms with Gasteiger partial charge >= 0.3 is 6.18 Å². The molecular weight excluding hydrogens is 273 g/mol. The van der Waals surface area contributed by atoms with Crippen molar-refractivity contribution in [1.82, 2.24) is 0 Å². The number of carbonyl (C=O) groups is 1. The molecule has 1 nitrogen and oxygen atoms in total. The molecule has 1 unspecified atom stereocenters. The highest BCUT2D eigenvalue weighted by molar-refractivity contribution is 9.09. The van der Waals surface area contributed by atoms with Gasteiger partial charge in [-0.15, -0.1) is 0 Å². The minimum absolute atomic E-state index is 0.0440. The fourth-order valence-corrected chi connectivity index (χ4v) is 1.59. The molecule has 0 aliphatic carbocycles. The van der Waals surface area contributed by atoms with Gasteiger partial charge in [0, 0.05) is 0 Å². The summed E-state index contributed by atoms with van der Waals surface area (Å²) in [6.07, 6.45) is -4.43. The Labute approximate surface area is 93.4 Å². The lowest BCUT2D eigenvalue weighted by molar-refractivity contribution is -0.138. The van der Waals surface area contributed by atoms with Crippen LogP contribution in [0.25, 0.3) is 0 Å². The van der Waals surface area contributed by atoms with E-state index < -0.39 is 16.6 Å². The molecule has 0 N–H and O–H groups in total. The molecule has 0 radical (unpaired) electrons. The third kappa shape index (κ3) is 2.81. The molecule has 0 aliphatic heterocycles. The summed E-state index contributed by atoms with van der Waals surface area (Å²) in [6, 6.07) is 5.03. The van der Waals surface area contributed by atoms with Gasteiger partial charge in [-0.1, -0.05) is 34.1 Å². The summed E-state index contributed by atoms with van der Waals surface area (Å²) in [5.41, 5.74) is -0.820. The van der Waals surface area contributed by atoms with E-state index in [1.165, 1.54) is 25.1 Å². The molecule has 0 aliphatic rings. The van der Waals surface area contributed by atoms with Gasteiger partial charge in [-0.2, -0.15) is 13.2 Å². The zero-order valence-electron chi connectivity index (χ0n) is 7.81. The van der Waals surface area contributed by atoms with Gasteiger partial charge in [0.15, 0.2) is 0 Å². The predicted octanol–water partition coefficient (Wildman–Crippen LogP) is 3.73. The molecule has 0 aromatic heterocycles. The summed E-state index contributed by atoms with van der Waals surface area (Å²) >= 11 is 2.94. The van der Waals surface area contributed by atoms with Crippen molar-refractivity contribution in [3.05, 3.63) is 35.4 Å². The number of Topliss-reactive ketones (excluding diaryl/α,β-unsaturated/α-hetero) is 1. The van der Waals surface area contributed by atoms with Gasteiger partial charge in [-0.25, -0.2) is 0 Å². The summed E-state index contributed by atoms with van der Waals surface area (Å²) in [5.74, 6) is -0.355. The molecule has 0 spiro atoms. The van der Waals surface area contributed by atoms with Crippen molar-refractivity contribution in [1.29, 1.82) is 0 Å². The smallest absolute Gasteiger partial charge is 0.298 e. The van der Waals surface area contributed by atoms with E-state index in [2.05, 4.69) is 15.9 Å². The Morgan fingerprint density at radius 1 is 1.33 bits per heavy atom. The maximum atomic E-state index is 12.5. The number of benzene rings is 1. The molecule has 1 aromatic rings. The zero-order valence-corrected chi connectivity index (χ0v) is 9.39. The molecule has 82 valence electrons. The Bertz CT molecular complexity index is 373. The molecule has 0 heterocycles. The van der Waals surface area contributed by atoms with E-state index in [9.17, 15) is 18.0 Å². The van der Waals surface area contributed by atoms with Crippen molar-refractivity contribution in [3.8, 4) is 0 Å². The number of halogens is 4. The molecular formula is C10H8BrF3O. The topological polar surface area (TPSA) is 17.1 Å². The highest BCUT2D eigenvalue weighted by Crippen LogP contribution is 2.37. The van der Waals surface area contributed by atoms with Crippen molar-refractivity contribution < 1.29 is 18.0 Å². The van der Waals surface area contributed by atoms with Gasteiger partial charge in [0.25, 0.3) is 0 Å². The summed E-state index contributed by atoms with van der Waals surface area (Å²) in [4.78, 5) is 10.1. The van der Waals surface area contributed by atoms with E-state index in [1.807, 2.05) is 0 Å². The van der Waals surface area contributed by atoms with Gasteiger partial charge in [0.2, 0.25) is 0 Å². The molecule has 0 fully saturated rings. The molecule has 0 saturated carbocycles. The van der Waals surface area contributed by atoms with Crippen molar-refractivity contribution >= 4 is 21.7 Å². The number of rotatable bonds is 2. The van der Waals surface area contributed by atoms with Crippen LogP contribution >= 0.6 is 15.9 Å². The van der Waals surface area contributed by atoms with Crippen LogP contribution in [0.2, 0.25) is 0 Å². The highest BCUT2D eigenvalue weighted by Gasteiger charge is 2.35. The van der Waals surface area contributed by atoms with Crippen molar-refractivity contribution in [2.45, 2.75) is 17.9 Å². The van der Waals surface area contributed by atoms with E-state index in [0.717, 1.165) is 6.07 Å². The number of carbonyl (C=O) groups excluding carboxylic acids is 1. The maximum Gasteiger partial charge on any atom is 0.416 e. The summed E-state index contributed by atoms with van der Waals surface area (Å²) in [7, 11) is 0. The van der Waals surface area contributed by atoms with Crippen LogP contribution in [-0.2, 0) is 11.0 Å². The molecule has 0 bridgehead atoms. The third-order valence-corrected chi connectivity index (χ3v) is 3.03. The predicted molar refractivity (Wildman–Crippen MR) is 53.8 cm³/mol. The Morgan fingerprint density at radius 2 is 1.87 bits per heavy atom. The second kappa shape index (κ2) is 4.35. The first-order valence-electron chi connectivity index (χ1n) is 4.14. The standard InChI is InChI=1S/C10H8BrF3O/c1-6(15)9(11)7-4-2-3-5-8(7)10(12,13)14/h2-5,9H,1H3. The van der Waals surface area contributed by atoms with Gasteiger partial charge < -0.3 is 0 Å². The minimum Gasteiger partial charge on any atom is -0.298 e. The first kappa shape index (κ1) is 12.2. The lowest BCUT2D eigenvalue weighted by Crippen LogP contribution is -2.12. The molecule has 1 atom stereocenters. The summed E-state index contributed by atoms with van der Waals surface area (Å²) in [6.45, 7) is 1.24. The molecule has 0 amide bonds. The SMILES string of the molecule is CC(=O)C(Br)c1ccccc1C(F)(F)F. The number of hydrogen-bond acceptors (Lipinski definition) is 1. The van der Waals surface area contributed by atoms with Gasteiger partial charge in [0.05, 0.1) is 10.4 Å². The molecule has 0 saturated heterocycles. The van der Waals surface area contributed by atoms with E-state index in [1.54, 1.807) is 0 Å². The number of hydrogen-bond donors (Lipinski definition) is 0. The van der Waals surface area contributed by atoms with E-state index in [4.69, 9.17) is 0 Å². The Hall–Kier alpha value is -0.840. The summed E-state index contributed by atoms with van der Waals surface area (Å²) < 4.78 is 37.6. The Morgan fingerprint density at radius 3 is 2.33 bits per heavy atom. The van der Waals surface area contributed by atoms with Crippen LogP contribution in [0, 0.1) is 0 Å². The van der Waals surface area contributed by atoms with Gasteiger partial charge in [0.1, 0.15) is 5.78 Å². The van der Waals surface area contributed by atoms with Crippen LogP contribution in [-0.4, -0.2) is 5.78 Å². The lowest BCUT2D eigenvalue weighted by Gasteiger charge is -2.14. The third-order valence-electron chi connectivity index (χ3n) is 1.90. The second-order valence-electron chi connectivity index (χ2n) is 3.06. The second-order valence-corrected chi connectivity index (χ2v) is 3.97. The minimum atomic E-state index is -4.43. The monoisotopic (exact) mass is 280 g/mol. The van der Waals surface area contributed by atoms with Crippen LogP contribution < -0.4 is 0 Å². The average molecular weight is 281 g/mol. The molecule has 15 heavy (non-hydrogen) atoms. The first-order chi connectivity index (χ1) is 6.84. The first-order valence-corrected chi connectivity index (χ1v) is 5.06. The summed E-state index contributed by atoms with van der Waals surface area (Å²) in [5, 5.41) is 0. The average Bonchev–Trinajstić information content (AvgIpc) is 2.15. The van der Waals surface area contributed by atoms with E-state index in [0.29, 0.717) is 0 Å². The van der Waals surface area contributed by atoms with Gasteiger partial charge in [-0.05, 0) is 18.6 Å². The van der Waals surface area contributed by atoms with Crippen LogP contribution in [0.4, 0.5) is 13.2 Å². The molecule has 5 heteroatoms. The highest BCUT2D eigenvalue weighted by atomic mass is 79.9.